The molecule has 1 aromatic rings. The molecule has 1 unspecified atom stereocenters. The largest absolute Gasteiger partial charge is 0.116 e. The van der Waals surface area contributed by atoms with Gasteiger partial charge in [-0.05, 0) is 36.8 Å². The topological polar surface area (TPSA) is 0 Å². The number of aryl methyl sites for hydroxylation is 2. The van der Waals surface area contributed by atoms with Crippen LogP contribution in [0.1, 0.15) is 70.8 Å². The van der Waals surface area contributed by atoms with Crippen LogP contribution in [0.25, 0.3) is 0 Å². The van der Waals surface area contributed by atoms with Crippen LogP contribution in [0.3, 0.4) is 0 Å². The van der Waals surface area contributed by atoms with Crippen molar-refractivity contribution in [2.24, 2.45) is 0 Å². The fourth-order valence-electron chi connectivity index (χ4n) is 2.16. The Morgan fingerprint density at radius 1 is 0.941 bits per heavy atom. The zero-order valence-electron chi connectivity index (χ0n) is 11.7. The van der Waals surface area contributed by atoms with Gasteiger partial charge in [0.2, 0.25) is 0 Å². The van der Waals surface area contributed by atoms with E-state index in [0.29, 0.717) is 0 Å². The summed E-state index contributed by atoms with van der Waals surface area (Å²) in [7, 11) is 0.00693. The fourth-order valence-corrected chi connectivity index (χ4v) is 3.97. The van der Waals surface area contributed by atoms with Crippen molar-refractivity contribution in [2.75, 3.05) is 0 Å². The van der Waals surface area contributed by atoms with Gasteiger partial charge in [0.05, 0.1) is 0 Å². The van der Waals surface area contributed by atoms with E-state index < -0.39 is 0 Å². The Morgan fingerprint density at radius 3 is 2.35 bits per heavy atom. The molecule has 0 spiro atoms. The Bertz CT molecular complexity index is 248. The van der Waals surface area contributed by atoms with E-state index in [1.165, 1.54) is 69.5 Å². The van der Waals surface area contributed by atoms with Crippen LogP contribution in [0.5, 0.6) is 0 Å². The molecule has 0 aliphatic rings. The molecule has 17 heavy (non-hydrogen) atoms. The summed E-state index contributed by atoms with van der Waals surface area (Å²) in [6.07, 6.45) is 13.7. The van der Waals surface area contributed by atoms with Crippen molar-refractivity contribution in [1.29, 1.82) is 0 Å². The minimum atomic E-state index is 0.00693. The summed E-state index contributed by atoms with van der Waals surface area (Å²) in [5.74, 6) is 6.14. The Hall–Kier alpha value is -0.220. The number of unbranched alkanes of at least 4 members (excludes halogenated alkanes) is 6. The maximum absolute atomic E-state index is 3.72. The van der Waals surface area contributed by atoms with E-state index in [-0.39, 0.29) is 7.53 Å². The second kappa shape index (κ2) is 9.77. The van der Waals surface area contributed by atoms with Crippen molar-refractivity contribution in [1.82, 2.24) is 0 Å². The molecule has 0 nitrogen and oxygen atoms in total. The zero-order valence-corrected chi connectivity index (χ0v) is 12.6. The van der Waals surface area contributed by atoms with E-state index in [1.807, 2.05) is 0 Å². The van der Waals surface area contributed by atoms with Gasteiger partial charge < -0.3 is 0 Å². The first-order valence-corrected chi connectivity index (χ1v) is 9.03. The molecular formula is C16H28P. The quantitative estimate of drug-likeness (QED) is 0.436. The van der Waals surface area contributed by atoms with Crippen molar-refractivity contribution in [3.05, 3.63) is 23.2 Å². The van der Waals surface area contributed by atoms with Gasteiger partial charge in [-0.1, -0.05) is 58.4 Å². The molecule has 0 bridgehead atoms. The molecule has 0 aromatic carbocycles. The zero-order chi connectivity index (χ0) is 12.3. The second-order valence-electron chi connectivity index (χ2n) is 5.02. The molecule has 0 aliphatic heterocycles. The van der Waals surface area contributed by atoms with E-state index in [9.17, 15) is 0 Å². The highest BCUT2D eigenvalue weighted by Crippen LogP contribution is 2.32. The Morgan fingerprint density at radius 2 is 1.65 bits per heavy atom. The Kier molecular flexibility index (Phi) is 8.53. The molecule has 1 rings (SSSR count). The SMILES string of the molecule is CCCCCCc1[c]p(CCCCCC)cc1. The van der Waals surface area contributed by atoms with Gasteiger partial charge in [0.15, 0.2) is 0 Å². The van der Waals surface area contributed by atoms with Gasteiger partial charge in [0, 0.05) is 5.80 Å². The van der Waals surface area contributed by atoms with Crippen LogP contribution in [-0.2, 0) is 12.6 Å². The number of hydrogen-bond acceptors (Lipinski definition) is 0. The highest BCUT2D eigenvalue weighted by molar-refractivity contribution is 7.47. The lowest BCUT2D eigenvalue weighted by Gasteiger charge is -1.98. The average Bonchev–Trinajstić information content (AvgIpc) is 2.78. The summed E-state index contributed by atoms with van der Waals surface area (Å²) in [5, 5.41) is 0. The number of hydrogen-bond donors (Lipinski definition) is 0. The minimum absolute atomic E-state index is 0.00693. The van der Waals surface area contributed by atoms with Crippen LogP contribution in [0, 0.1) is 5.80 Å². The third-order valence-corrected chi connectivity index (χ3v) is 5.18. The Labute approximate surface area is 109 Å². The predicted molar refractivity (Wildman–Crippen MR) is 80.0 cm³/mol. The van der Waals surface area contributed by atoms with Crippen molar-refractivity contribution < 1.29 is 0 Å². The van der Waals surface area contributed by atoms with Crippen molar-refractivity contribution >= 4 is 7.53 Å². The molecular weight excluding hydrogens is 223 g/mol. The van der Waals surface area contributed by atoms with Crippen LogP contribution in [0.2, 0.25) is 0 Å². The maximum atomic E-state index is 3.72. The summed E-state index contributed by atoms with van der Waals surface area (Å²) >= 11 is 0. The van der Waals surface area contributed by atoms with Gasteiger partial charge >= 0.3 is 0 Å². The van der Waals surface area contributed by atoms with Crippen LogP contribution < -0.4 is 0 Å². The maximum Gasteiger partial charge on any atom is 0.00859 e. The van der Waals surface area contributed by atoms with Crippen molar-refractivity contribution in [3.63, 3.8) is 0 Å². The fraction of sp³-hybridized carbons (Fsp3) is 0.750. The lowest BCUT2D eigenvalue weighted by molar-refractivity contribution is 0.667. The van der Waals surface area contributed by atoms with Gasteiger partial charge in [-0.15, -0.1) is 7.53 Å². The van der Waals surface area contributed by atoms with Crippen LogP contribution in [0.4, 0.5) is 0 Å². The summed E-state index contributed by atoms with van der Waals surface area (Å²) < 4.78 is 0. The second-order valence-corrected chi connectivity index (χ2v) is 6.93. The molecule has 0 N–H and O–H groups in total. The highest BCUT2D eigenvalue weighted by Gasteiger charge is 1.99. The van der Waals surface area contributed by atoms with Crippen molar-refractivity contribution in [3.8, 4) is 0 Å². The standard InChI is InChI=1S/C16H28P/c1-3-5-7-9-11-16-12-14-17(15-16)13-10-8-6-4-2/h12,14H,3-11,13H2,1-2H3. The molecule has 0 saturated carbocycles. The molecule has 0 aliphatic carbocycles. The van der Waals surface area contributed by atoms with Gasteiger partial charge in [-0.3, -0.25) is 0 Å². The molecule has 97 valence electrons. The monoisotopic (exact) mass is 251 g/mol. The molecule has 0 fully saturated rings. The first kappa shape index (κ1) is 14.8. The first-order chi connectivity index (χ1) is 8.36. The average molecular weight is 251 g/mol. The molecule has 0 amide bonds. The lowest BCUT2D eigenvalue weighted by Crippen LogP contribution is -1.82. The molecule has 1 aromatic heterocycles. The van der Waals surface area contributed by atoms with Gasteiger partial charge in [-0.25, -0.2) is 0 Å². The summed E-state index contributed by atoms with van der Waals surface area (Å²) in [5.41, 5.74) is 1.50. The highest BCUT2D eigenvalue weighted by atomic mass is 31.1. The van der Waals surface area contributed by atoms with Gasteiger partial charge in [0.25, 0.3) is 0 Å². The third kappa shape index (κ3) is 6.94. The van der Waals surface area contributed by atoms with E-state index in [4.69, 9.17) is 0 Å². The number of rotatable bonds is 10. The molecule has 1 radical (unpaired) electrons. The third-order valence-electron chi connectivity index (χ3n) is 3.30. The van der Waals surface area contributed by atoms with Crippen molar-refractivity contribution in [2.45, 2.75) is 77.8 Å². The van der Waals surface area contributed by atoms with E-state index in [1.54, 1.807) is 0 Å². The predicted octanol–water partition coefficient (Wildman–Crippen LogP) is 6.18. The normalized spacial score (nSPS) is 12.0. The van der Waals surface area contributed by atoms with E-state index in [2.05, 4.69) is 31.5 Å². The summed E-state index contributed by atoms with van der Waals surface area (Å²) in [4.78, 5) is 0. The van der Waals surface area contributed by atoms with E-state index >= 15 is 0 Å². The van der Waals surface area contributed by atoms with E-state index in [0.717, 1.165) is 0 Å². The molecule has 0 saturated heterocycles. The first-order valence-electron chi connectivity index (χ1n) is 7.44. The molecule has 1 atom stereocenters. The minimum Gasteiger partial charge on any atom is -0.116 e. The van der Waals surface area contributed by atoms with Crippen LogP contribution in [-0.4, -0.2) is 0 Å². The van der Waals surface area contributed by atoms with Crippen LogP contribution >= 0.6 is 7.53 Å². The molecule has 1 heteroatoms. The van der Waals surface area contributed by atoms with Gasteiger partial charge in [-0.2, -0.15) is 0 Å². The molecule has 1 heterocycles. The lowest BCUT2D eigenvalue weighted by atomic mass is 10.1. The van der Waals surface area contributed by atoms with Gasteiger partial charge in [0.1, 0.15) is 0 Å². The summed E-state index contributed by atoms with van der Waals surface area (Å²) in [6, 6.07) is 2.34. The van der Waals surface area contributed by atoms with Crippen LogP contribution in [0.15, 0.2) is 11.9 Å². The Balaban J connectivity index is 2.14. The summed E-state index contributed by atoms with van der Waals surface area (Å²) in [6.45, 7) is 4.55. The smallest absolute Gasteiger partial charge is 0.00859 e.